The molecule has 0 radical (unpaired) electrons. The maximum Gasteiger partial charge on any atom is 0.252 e. The molecule has 4 nitrogen and oxygen atoms in total. The van der Waals surface area contributed by atoms with Crippen molar-refractivity contribution in [2.45, 2.75) is 0 Å². The molecule has 0 spiro atoms. The molecule has 0 saturated heterocycles. The van der Waals surface area contributed by atoms with Gasteiger partial charge in [-0.15, -0.1) is 0 Å². The zero-order chi connectivity index (χ0) is 8.67. The molecule has 0 bridgehead atoms. The molecular formula is C9H6N4. The Hall–Kier alpha value is -1.97. The van der Waals surface area contributed by atoms with E-state index in [4.69, 9.17) is 0 Å². The number of nitrogens with zero attached hydrogens (tertiary/aromatic N) is 4. The van der Waals surface area contributed by atoms with Gasteiger partial charge in [-0.25, -0.2) is 9.50 Å². The van der Waals surface area contributed by atoms with Crippen molar-refractivity contribution in [3.05, 3.63) is 36.8 Å². The van der Waals surface area contributed by atoms with Crippen LogP contribution in [0, 0.1) is 0 Å². The molecule has 4 heteroatoms. The van der Waals surface area contributed by atoms with Gasteiger partial charge in [-0.2, -0.15) is 10.1 Å². The smallest absolute Gasteiger partial charge is 0.211 e. The summed E-state index contributed by atoms with van der Waals surface area (Å²) in [6.07, 6.45) is 3.42. The number of benzene rings is 1. The summed E-state index contributed by atoms with van der Waals surface area (Å²) in [6, 6.07) is 7.91. The molecule has 0 aliphatic carbocycles. The second-order valence-electron chi connectivity index (χ2n) is 2.80. The number of hydrogen-bond donors (Lipinski definition) is 0. The summed E-state index contributed by atoms with van der Waals surface area (Å²) in [5.74, 6) is 0.638. The Morgan fingerprint density at radius 3 is 3.08 bits per heavy atom. The summed E-state index contributed by atoms with van der Waals surface area (Å²) in [6.45, 7) is 0. The minimum absolute atomic E-state index is 0.638. The lowest BCUT2D eigenvalue weighted by Crippen LogP contribution is -1.90. The first-order chi connectivity index (χ1) is 6.43. The summed E-state index contributed by atoms with van der Waals surface area (Å²) in [5.41, 5.74) is 0.947. The van der Waals surface area contributed by atoms with E-state index < -0.39 is 0 Å². The van der Waals surface area contributed by atoms with E-state index in [0.717, 1.165) is 10.9 Å². The zero-order valence-corrected chi connectivity index (χ0v) is 6.75. The van der Waals surface area contributed by atoms with Crippen molar-refractivity contribution < 1.29 is 0 Å². The molecule has 0 N–H and O–H groups in total. The van der Waals surface area contributed by atoms with Gasteiger partial charge in [0.15, 0.2) is 0 Å². The third-order valence-electron chi connectivity index (χ3n) is 1.97. The Balaban J connectivity index is 2.57. The number of hydrogen-bond acceptors (Lipinski definition) is 3. The molecule has 13 heavy (non-hydrogen) atoms. The molecule has 0 aliphatic heterocycles. The van der Waals surface area contributed by atoms with Crippen LogP contribution in [0.1, 0.15) is 0 Å². The van der Waals surface area contributed by atoms with Crippen LogP contribution in [0.4, 0.5) is 0 Å². The summed E-state index contributed by atoms with van der Waals surface area (Å²) >= 11 is 0. The number of rotatable bonds is 0. The molecule has 62 valence electrons. The SMILES string of the molecule is c1ccc2nc3ncnn3cc2c1. The minimum atomic E-state index is 0.638. The summed E-state index contributed by atoms with van der Waals surface area (Å²) < 4.78 is 1.67. The van der Waals surface area contributed by atoms with Crippen LogP contribution in [0.25, 0.3) is 16.7 Å². The summed E-state index contributed by atoms with van der Waals surface area (Å²) in [4.78, 5) is 8.34. The lowest BCUT2D eigenvalue weighted by Gasteiger charge is -1.95. The van der Waals surface area contributed by atoms with E-state index in [-0.39, 0.29) is 0 Å². The van der Waals surface area contributed by atoms with Crippen LogP contribution in [0.15, 0.2) is 36.8 Å². The first-order valence-corrected chi connectivity index (χ1v) is 3.99. The fourth-order valence-corrected chi connectivity index (χ4v) is 1.35. The van der Waals surface area contributed by atoms with Crippen LogP contribution in [0.2, 0.25) is 0 Å². The predicted molar refractivity (Wildman–Crippen MR) is 48.3 cm³/mol. The average Bonchev–Trinajstić information content (AvgIpc) is 2.61. The Morgan fingerprint density at radius 2 is 2.08 bits per heavy atom. The van der Waals surface area contributed by atoms with Crippen molar-refractivity contribution in [2.24, 2.45) is 0 Å². The molecule has 0 atom stereocenters. The highest BCUT2D eigenvalue weighted by atomic mass is 15.3. The quantitative estimate of drug-likeness (QED) is 0.510. The highest BCUT2D eigenvalue weighted by Gasteiger charge is 1.98. The van der Waals surface area contributed by atoms with Crippen molar-refractivity contribution >= 4 is 16.7 Å². The molecule has 0 saturated carbocycles. The van der Waals surface area contributed by atoms with Crippen molar-refractivity contribution in [1.82, 2.24) is 19.6 Å². The molecule has 0 unspecified atom stereocenters. The fraction of sp³-hybridized carbons (Fsp3) is 0. The first kappa shape index (κ1) is 6.54. The van der Waals surface area contributed by atoms with Gasteiger partial charge in [0, 0.05) is 11.6 Å². The first-order valence-electron chi connectivity index (χ1n) is 3.99. The van der Waals surface area contributed by atoms with Crippen LogP contribution >= 0.6 is 0 Å². The second-order valence-corrected chi connectivity index (χ2v) is 2.80. The Bertz CT molecular complexity index is 520. The van der Waals surface area contributed by atoms with Crippen LogP contribution in [0.5, 0.6) is 0 Å². The van der Waals surface area contributed by atoms with E-state index in [9.17, 15) is 0 Å². The monoisotopic (exact) mass is 170 g/mol. The third kappa shape index (κ3) is 0.885. The van der Waals surface area contributed by atoms with E-state index in [1.165, 1.54) is 6.33 Å². The van der Waals surface area contributed by atoms with Crippen molar-refractivity contribution in [3.63, 3.8) is 0 Å². The van der Waals surface area contributed by atoms with Gasteiger partial charge in [-0.3, -0.25) is 0 Å². The van der Waals surface area contributed by atoms with E-state index in [0.29, 0.717) is 5.78 Å². The Kier molecular flexibility index (Phi) is 1.14. The van der Waals surface area contributed by atoms with Crippen LogP contribution in [0.3, 0.4) is 0 Å². The largest absolute Gasteiger partial charge is 0.252 e. The standard InChI is InChI=1S/C9H6N4/c1-2-4-8-7(3-1)5-13-9(12-8)10-6-11-13/h1-6H. The molecule has 0 amide bonds. The molecule has 3 aromatic rings. The lowest BCUT2D eigenvalue weighted by molar-refractivity contribution is 0.953. The Labute approximate surface area is 73.9 Å². The molecule has 0 aliphatic rings. The van der Waals surface area contributed by atoms with Gasteiger partial charge in [-0.05, 0) is 6.07 Å². The molecule has 2 aromatic heterocycles. The number of aromatic nitrogens is 4. The number of para-hydroxylation sites is 1. The maximum atomic E-state index is 4.33. The maximum absolute atomic E-state index is 4.33. The second kappa shape index (κ2) is 2.26. The molecular weight excluding hydrogens is 164 g/mol. The van der Waals surface area contributed by atoms with Crippen LogP contribution < -0.4 is 0 Å². The van der Waals surface area contributed by atoms with E-state index >= 15 is 0 Å². The summed E-state index contributed by atoms with van der Waals surface area (Å²) in [7, 11) is 0. The average molecular weight is 170 g/mol. The molecule has 0 fully saturated rings. The zero-order valence-electron chi connectivity index (χ0n) is 6.75. The van der Waals surface area contributed by atoms with Crippen molar-refractivity contribution in [3.8, 4) is 0 Å². The van der Waals surface area contributed by atoms with Gasteiger partial charge < -0.3 is 0 Å². The van der Waals surface area contributed by atoms with Crippen LogP contribution in [-0.4, -0.2) is 19.6 Å². The topological polar surface area (TPSA) is 43.1 Å². The fourth-order valence-electron chi connectivity index (χ4n) is 1.35. The summed E-state index contributed by atoms with van der Waals surface area (Å²) in [5, 5.41) is 5.08. The van der Waals surface area contributed by atoms with Crippen LogP contribution in [-0.2, 0) is 0 Å². The van der Waals surface area contributed by atoms with Gasteiger partial charge in [0.2, 0.25) is 0 Å². The predicted octanol–water partition coefficient (Wildman–Crippen LogP) is 1.28. The molecule has 3 rings (SSSR count). The highest BCUT2D eigenvalue weighted by Crippen LogP contribution is 2.10. The van der Waals surface area contributed by atoms with E-state index in [2.05, 4.69) is 15.1 Å². The van der Waals surface area contributed by atoms with Gasteiger partial charge in [0.25, 0.3) is 5.78 Å². The Morgan fingerprint density at radius 1 is 1.15 bits per heavy atom. The number of fused-ring (bicyclic) bond motifs is 2. The van der Waals surface area contributed by atoms with Gasteiger partial charge in [-0.1, -0.05) is 18.2 Å². The van der Waals surface area contributed by atoms with Gasteiger partial charge in [0.1, 0.15) is 6.33 Å². The normalized spacial score (nSPS) is 11.1. The van der Waals surface area contributed by atoms with E-state index in [1.807, 2.05) is 30.5 Å². The van der Waals surface area contributed by atoms with Crippen molar-refractivity contribution in [2.75, 3.05) is 0 Å². The van der Waals surface area contributed by atoms with Gasteiger partial charge in [0.05, 0.1) is 5.52 Å². The van der Waals surface area contributed by atoms with Gasteiger partial charge >= 0.3 is 0 Å². The van der Waals surface area contributed by atoms with E-state index in [1.54, 1.807) is 4.52 Å². The highest BCUT2D eigenvalue weighted by molar-refractivity contribution is 5.78. The lowest BCUT2D eigenvalue weighted by atomic mass is 10.2. The van der Waals surface area contributed by atoms with Crippen molar-refractivity contribution in [1.29, 1.82) is 0 Å². The third-order valence-corrected chi connectivity index (χ3v) is 1.97. The molecule has 1 aromatic carbocycles. The minimum Gasteiger partial charge on any atom is -0.211 e. The molecule has 2 heterocycles.